The van der Waals surface area contributed by atoms with E-state index < -0.39 is 16.9 Å². The van der Waals surface area contributed by atoms with Crippen molar-refractivity contribution in [1.82, 2.24) is 0 Å². The van der Waals surface area contributed by atoms with Crippen molar-refractivity contribution in [2.24, 2.45) is 5.92 Å². The number of Topliss-reactive ketones (excluding diaryl/α,β-unsaturated/α-hetero) is 1. The van der Waals surface area contributed by atoms with Crippen molar-refractivity contribution in [3.05, 3.63) is 83.4 Å². The summed E-state index contributed by atoms with van der Waals surface area (Å²) >= 11 is 0. The van der Waals surface area contributed by atoms with Crippen LogP contribution < -0.4 is 25.0 Å². The van der Waals surface area contributed by atoms with Gasteiger partial charge in [0.2, 0.25) is 18.2 Å². The third kappa shape index (κ3) is 2.31. The van der Waals surface area contributed by atoms with Gasteiger partial charge in [0.05, 0.1) is 12.2 Å². The summed E-state index contributed by atoms with van der Waals surface area (Å²) in [6.45, 7) is 0.796. The van der Waals surface area contributed by atoms with Gasteiger partial charge in [0.25, 0.3) is 5.91 Å². The Kier molecular flexibility index (Phi) is 3.96. The van der Waals surface area contributed by atoms with Gasteiger partial charge < -0.3 is 25.0 Å². The molecule has 3 N–H and O–H groups in total. The first-order valence-corrected chi connectivity index (χ1v) is 12.7. The Morgan fingerprint density at radius 2 is 1.57 bits per heavy atom. The monoisotopic (exact) mass is 494 g/mol. The number of hydrogen-bond donors (Lipinski definition) is 3. The molecule has 2 amide bonds. The van der Waals surface area contributed by atoms with Gasteiger partial charge in [-0.05, 0) is 35.9 Å². The average molecular weight is 495 g/mol. The van der Waals surface area contributed by atoms with E-state index in [1.807, 2.05) is 48.5 Å². The lowest BCUT2D eigenvalue weighted by molar-refractivity contribution is -0.948. The van der Waals surface area contributed by atoms with Crippen LogP contribution in [0.5, 0.6) is 11.5 Å². The van der Waals surface area contributed by atoms with Gasteiger partial charge in [-0.3, -0.25) is 14.4 Å². The number of ether oxygens (including phenoxy) is 2. The number of benzene rings is 3. The van der Waals surface area contributed by atoms with Crippen molar-refractivity contribution in [2.45, 2.75) is 29.8 Å². The molecule has 0 radical (unpaired) electrons. The first kappa shape index (κ1) is 21.0. The molecular formula is C29H24N3O5+. The van der Waals surface area contributed by atoms with Crippen molar-refractivity contribution >= 4 is 29.0 Å². The summed E-state index contributed by atoms with van der Waals surface area (Å²) in [5, 5.41) is 6.16. The van der Waals surface area contributed by atoms with Crippen molar-refractivity contribution in [2.75, 3.05) is 24.0 Å². The lowest BCUT2D eigenvalue weighted by Crippen LogP contribution is -3.20. The van der Waals surface area contributed by atoms with Gasteiger partial charge in [0.15, 0.2) is 17.3 Å². The van der Waals surface area contributed by atoms with Crippen LogP contribution in [0.4, 0.5) is 11.4 Å². The molecule has 2 spiro atoms. The Balaban J connectivity index is 1.45. The van der Waals surface area contributed by atoms with Crippen LogP contribution >= 0.6 is 0 Å². The fourth-order valence-corrected chi connectivity index (χ4v) is 7.99. The Morgan fingerprint density at radius 3 is 2.41 bits per heavy atom. The van der Waals surface area contributed by atoms with Crippen LogP contribution in [0.15, 0.2) is 66.7 Å². The van der Waals surface area contributed by atoms with Gasteiger partial charge in [0.1, 0.15) is 17.4 Å². The van der Waals surface area contributed by atoms with Gasteiger partial charge in [0, 0.05) is 29.7 Å². The minimum Gasteiger partial charge on any atom is -0.454 e. The number of carbonyl (C=O) groups is 3. The fraction of sp³-hybridized carbons (Fsp3) is 0.276. The van der Waals surface area contributed by atoms with Gasteiger partial charge in [-0.2, -0.15) is 0 Å². The van der Waals surface area contributed by atoms with Crippen molar-refractivity contribution < 1.29 is 28.8 Å². The number of amides is 2. The number of quaternary nitrogens is 1. The second kappa shape index (κ2) is 6.98. The Hall–Kier alpha value is -4.17. The van der Waals surface area contributed by atoms with Gasteiger partial charge >= 0.3 is 0 Å². The minimum atomic E-state index is -1.24. The highest BCUT2D eigenvalue weighted by atomic mass is 16.7. The number of ketones is 1. The SMILES string of the molecule is O=C(c1ccc2c(c1)OCO2)C1[C@]2(C(=O)Nc3ccccc32)C2CCC[NH+]2[C@]12C(=O)Nc1ccccc12. The molecule has 5 aliphatic heterocycles. The van der Waals surface area contributed by atoms with E-state index in [9.17, 15) is 14.4 Å². The molecule has 3 aromatic rings. The number of carbonyl (C=O) groups excluding carboxylic acids is 3. The third-order valence-electron chi connectivity index (χ3n) is 9.18. The van der Waals surface area contributed by atoms with Crippen LogP contribution in [0, 0.1) is 5.92 Å². The van der Waals surface area contributed by atoms with Gasteiger partial charge in [-0.1, -0.05) is 36.4 Å². The minimum absolute atomic E-state index is 0.0931. The maximum Gasteiger partial charge on any atom is 0.291 e. The van der Waals surface area contributed by atoms with Crippen LogP contribution in [0.3, 0.4) is 0 Å². The van der Waals surface area contributed by atoms with E-state index in [1.165, 1.54) is 0 Å². The predicted octanol–water partition coefficient (Wildman–Crippen LogP) is 2.01. The number of nitrogens with one attached hydrogen (secondary N) is 3. The molecule has 2 saturated heterocycles. The summed E-state index contributed by atoms with van der Waals surface area (Å²) in [5.41, 5.74) is 0.990. The highest BCUT2D eigenvalue weighted by Crippen LogP contribution is 2.59. The zero-order valence-electron chi connectivity index (χ0n) is 19.9. The Bertz CT molecular complexity index is 1470. The summed E-state index contributed by atoms with van der Waals surface area (Å²) in [6.07, 6.45) is 1.62. The largest absolute Gasteiger partial charge is 0.454 e. The number of rotatable bonds is 2. The summed E-state index contributed by atoms with van der Waals surface area (Å²) in [6, 6.07) is 20.1. The first-order chi connectivity index (χ1) is 18.1. The molecule has 5 aliphatic rings. The van der Waals surface area contributed by atoms with Crippen LogP contribution in [0.2, 0.25) is 0 Å². The van der Waals surface area contributed by atoms with Crippen LogP contribution in [0.1, 0.15) is 34.3 Å². The van der Waals surface area contributed by atoms with Gasteiger partial charge in [-0.15, -0.1) is 0 Å². The quantitative estimate of drug-likeness (QED) is 0.474. The van der Waals surface area contributed by atoms with Crippen molar-refractivity contribution in [3.63, 3.8) is 0 Å². The molecule has 37 heavy (non-hydrogen) atoms. The van der Waals surface area contributed by atoms with Crippen LogP contribution in [0.25, 0.3) is 0 Å². The van der Waals surface area contributed by atoms with E-state index in [4.69, 9.17) is 9.47 Å². The molecule has 0 aromatic heterocycles. The zero-order chi connectivity index (χ0) is 24.9. The molecule has 8 rings (SSSR count). The van der Waals surface area contributed by atoms with Gasteiger partial charge in [-0.25, -0.2) is 0 Å². The van der Waals surface area contributed by atoms with E-state index in [0.717, 1.165) is 28.9 Å². The molecule has 8 heteroatoms. The van der Waals surface area contributed by atoms with E-state index in [1.54, 1.807) is 18.2 Å². The maximum atomic E-state index is 14.8. The van der Waals surface area contributed by atoms with E-state index in [2.05, 4.69) is 10.6 Å². The topological polar surface area (TPSA) is 98.2 Å². The average Bonchev–Trinajstić information content (AvgIpc) is 3.71. The summed E-state index contributed by atoms with van der Waals surface area (Å²) in [4.78, 5) is 44.3. The van der Waals surface area contributed by atoms with Crippen LogP contribution in [-0.4, -0.2) is 37.0 Å². The highest BCUT2D eigenvalue weighted by Gasteiger charge is 2.82. The van der Waals surface area contributed by atoms with Crippen molar-refractivity contribution in [3.8, 4) is 11.5 Å². The van der Waals surface area contributed by atoms with E-state index >= 15 is 0 Å². The molecule has 184 valence electrons. The second-order valence-electron chi connectivity index (χ2n) is 10.5. The molecule has 5 atom stereocenters. The number of para-hydroxylation sites is 2. The molecule has 3 unspecified atom stereocenters. The molecule has 2 fully saturated rings. The van der Waals surface area contributed by atoms with Crippen LogP contribution in [-0.2, 0) is 20.5 Å². The molecule has 3 aromatic carbocycles. The second-order valence-corrected chi connectivity index (χ2v) is 10.5. The summed E-state index contributed by atoms with van der Waals surface area (Å²) in [7, 11) is 0. The third-order valence-corrected chi connectivity index (χ3v) is 9.18. The summed E-state index contributed by atoms with van der Waals surface area (Å²) < 4.78 is 11.0. The molecule has 0 saturated carbocycles. The normalized spacial score (nSPS) is 31.8. The molecule has 5 heterocycles. The highest BCUT2D eigenvalue weighted by molar-refractivity contribution is 6.17. The Morgan fingerprint density at radius 1 is 0.865 bits per heavy atom. The number of anilines is 2. The summed E-state index contributed by atoms with van der Waals surface area (Å²) in [5.74, 6) is -0.541. The Labute approximate surface area is 212 Å². The lowest BCUT2D eigenvalue weighted by Gasteiger charge is -2.34. The van der Waals surface area contributed by atoms with Crippen molar-refractivity contribution in [1.29, 1.82) is 0 Å². The molecule has 8 nitrogen and oxygen atoms in total. The standard InChI is InChI=1S/C29H23N3O5/c33-24(16-11-12-21-22(14-16)37-15-36-21)25-28(17-6-1-3-8-19(17)30-26(28)34)23-10-5-13-32(23)29(25)18-7-2-4-9-20(18)31-27(29)35/h1-4,6-9,11-12,14,23,25H,5,10,13,15H2,(H,30,34)(H,31,35)/p+1/t23?,25?,28-,29+/m1/s1. The first-order valence-electron chi connectivity index (χ1n) is 12.7. The molecular weight excluding hydrogens is 470 g/mol. The molecule has 0 aliphatic carbocycles. The lowest BCUT2D eigenvalue weighted by atomic mass is 9.60. The molecule has 0 bridgehead atoms. The zero-order valence-corrected chi connectivity index (χ0v) is 19.9. The smallest absolute Gasteiger partial charge is 0.291 e. The predicted molar refractivity (Wildman–Crippen MR) is 133 cm³/mol. The number of hydrogen-bond acceptors (Lipinski definition) is 5. The fourth-order valence-electron chi connectivity index (χ4n) is 7.99. The van der Waals surface area contributed by atoms with E-state index in [0.29, 0.717) is 35.0 Å². The van der Waals surface area contributed by atoms with E-state index in [-0.39, 0.29) is 30.4 Å². The number of fused-ring (bicyclic) bond motifs is 8. The maximum absolute atomic E-state index is 14.8.